The molecule has 1 aromatic heterocycles. The Morgan fingerprint density at radius 3 is 2.66 bits per heavy atom. The van der Waals surface area contributed by atoms with E-state index in [-0.39, 0.29) is 23.7 Å². The summed E-state index contributed by atoms with van der Waals surface area (Å²) in [6.45, 7) is 4.17. The first-order valence-electron chi connectivity index (χ1n) is 9.69. The molecule has 29 heavy (non-hydrogen) atoms. The summed E-state index contributed by atoms with van der Waals surface area (Å²) < 4.78 is 19.2. The molecule has 0 saturated heterocycles. The van der Waals surface area contributed by atoms with Crippen molar-refractivity contribution in [1.82, 2.24) is 10.3 Å². The van der Waals surface area contributed by atoms with Gasteiger partial charge in [0.25, 0.3) is 0 Å². The molecule has 5 heteroatoms. The van der Waals surface area contributed by atoms with E-state index in [1.54, 1.807) is 12.3 Å². The van der Waals surface area contributed by atoms with Gasteiger partial charge in [-0.05, 0) is 60.9 Å². The number of benzene rings is 2. The number of nitrogens with zero attached hydrogens (tertiary/aromatic N) is 1. The average Bonchev–Trinajstić information content (AvgIpc) is 2.73. The van der Waals surface area contributed by atoms with Crippen molar-refractivity contribution in [2.24, 2.45) is 5.92 Å². The number of hydrogen-bond acceptors (Lipinski definition) is 3. The van der Waals surface area contributed by atoms with E-state index in [1.165, 1.54) is 12.1 Å². The number of nitrogens with one attached hydrogen (secondary N) is 1. The number of ether oxygens (including phenoxy) is 1. The maximum Gasteiger partial charge on any atom is 0.223 e. The van der Waals surface area contributed by atoms with E-state index >= 15 is 0 Å². The molecule has 0 aliphatic carbocycles. The van der Waals surface area contributed by atoms with E-state index in [4.69, 9.17) is 4.74 Å². The predicted octanol–water partition coefficient (Wildman–Crippen LogP) is 4.86. The van der Waals surface area contributed by atoms with Gasteiger partial charge in [0.1, 0.15) is 18.2 Å². The molecule has 4 nitrogen and oxygen atoms in total. The third-order valence-corrected chi connectivity index (χ3v) is 4.71. The smallest absolute Gasteiger partial charge is 0.223 e. The summed E-state index contributed by atoms with van der Waals surface area (Å²) in [5, 5.41) is 3.03. The Kier molecular flexibility index (Phi) is 6.95. The van der Waals surface area contributed by atoms with Crippen LogP contribution in [0.2, 0.25) is 0 Å². The van der Waals surface area contributed by atoms with Crippen LogP contribution in [-0.4, -0.2) is 10.9 Å². The molecule has 0 aliphatic heterocycles. The molecule has 2 atom stereocenters. The van der Waals surface area contributed by atoms with Gasteiger partial charge in [0.05, 0.1) is 11.7 Å². The van der Waals surface area contributed by atoms with Crippen LogP contribution in [-0.2, 0) is 17.8 Å². The Morgan fingerprint density at radius 1 is 1.07 bits per heavy atom. The quantitative estimate of drug-likeness (QED) is 0.596. The van der Waals surface area contributed by atoms with Gasteiger partial charge in [-0.15, -0.1) is 0 Å². The second-order valence-corrected chi connectivity index (χ2v) is 7.15. The van der Waals surface area contributed by atoms with Crippen LogP contribution < -0.4 is 10.1 Å². The topological polar surface area (TPSA) is 51.2 Å². The van der Waals surface area contributed by atoms with Crippen LogP contribution in [0.25, 0.3) is 0 Å². The largest absolute Gasteiger partial charge is 0.487 e. The van der Waals surface area contributed by atoms with Gasteiger partial charge in [-0.1, -0.05) is 37.3 Å². The Labute approximate surface area is 170 Å². The molecule has 0 radical (unpaired) electrons. The Balaban J connectivity index is 1.56. The van der Waals surface area contributed by atoms with Crippen molar-refractivity contribution in [2.75, 3.05) is 0 Å². The SMILES string of the molecule is CC(Cc1cccc(F)c1)C(=O)NC(C)c1cccc(OCc2ccccn2)c1. The van der Waals surface area contributed by atoms with Crippen molar-refractivity contribution < 1.29 is 13.9 Å². The monoisotopic (exact) mass is 392 g/mol. The predicted molar refractivity (Wildman–Crippen MR) is 111 cm³/mol. The maximum atomic E-state index is 13.3. The second kappa shape index (κ2) is 9.82. The van der Waals surface area contributed by atoms with E-state index in [2.05, 4.69) is 10.3 Å². The maximum absolute atomic E-state index is 13.3. The van der Waals surface area contributed by atoms with Crippen LogP contribution in [0.5, 0.6) is 5.75 Å². The molecule has 0 fully saturated rings. The van der Waals surface area contributed by atoms with Crippen molar-refractivity contribution in [3.05, 3.63) is 95.6 Å². The van der Waals surface area contributed by atoms with E-state index < -0.39 is 0 Å². The molecule has 1 amide bonds. The van der Waals surface area contributed by atoms with Crippen LogP contribution in [0, 0.1) is 11.7 Å². The summed E-state index contributed by atoms with van der Waals surface area (Å²) in [5.41, 5.74) is 2.62. The van der Waals surface area contributed by atoms with Gasteiger partial charge in [-0.3, -0.25) is 9.78 Å². The third-order valence-electron chi connectivity index (χ3n) is 4.71. The molecule has 0 bridgehead atoms. The zero-order valence-electron chi connectivity index (χ0n) is 16.6. The van der Waals surface area contributed by atoms with E-state index in [9.17, 15) is 9.18 Å². The molecule has 3 aromatic rings. The van der Waals surface area contributed by atoms with Crippen LogP contribution in [0.1, 0.15) is 36.7 Å². The number of rotatable bonds is 8. The summed E-state index contributed by atoms with van der Waals surface area (Å²) in [4.78, 5) is 16.8. The highest BCUT2D eigenvalue weighted by Gasteiger charge is 2.17. The van der Waals surface area contributed by atoms with Crippen molar-refractivity contribution in [1.29, 1.82) is 0 Å². The zero-order chi connectivity index (χ0) is 20.6. The van der Waals surface area contributed by atoms with Gasteiger partial charge in [-0.2, -0.15) is 0 Å². The lowest BCUT2D eigenvalue weighted by Gasteiger charge is -2.19. The first kappa shape index (κ1) is 20.5. The summed E-state index contributed by atoms with van der Waals surface area (Å²) in [6.07, 6.45) is 2.22. The minimum Gasteiger partial charge on any atom is -0.487 e. The second-order valence-electron chi connectivity index (χ2n) is 7.15. The van der Waals surface area contributed by atoms with Gasteiger partial charge in [0.15, 0.2) is 0 Å². The van der Waals surface area contributed by atoms with Gasteiger partial charge in [0.2, 0.25) is 5.91 Å². The molecule has 2 aromatic carbocycles. The molecular weight excluding hydrogens is 367 g/mol. The number of amides is 1. The highest BCUT2D eigenvalue weighted by molar-refractivity contribution is 5.79. The van der Waals surface area contributed by atoms with Crippen LogP contribution in [0.3, 0.4) is 0 Å². The summed E-state index contributed by atoms with van der Waals surface area (Å²) in [7, 11) is 0. The molecule has 3 rings (SSSR count). The van der Waals surface area contributed by atoms with Crippen molar-refractivity contribution in [3.8, 4) is 5.75 Å². The van der Waals surface area contributed by atoms with Gasteiger partial charge in [0, 0.05) is 12.1 Å². The third kappa shape index (κ3) is 6.14. The van der Waals surface area contributed by atoms with Crippen LogP contribution in [0.4, 0.5) is 4.39 Å². The fourth-order valence-corrected chi connectivity index (χ4v) is 3.06. The van der Waals surface area contributed by atoms with Crippen molar-refractivity contribution >= 4 is 5.91 Å². The number of carbonyl (C=O) groups is 1. The average molecular weight is 392 g/mol. The molecule has 150 valence electrons. The number of hydrogen-bond donors (Lipinski definition) is 1. The molecule has 0 aliphatic rings. The van der Waals surface area contributed by atoms with E-state index in [0.29, 0.717) is 13.0 Å². The first-order valence-corrected chi connectivity index (χ1v) is 9.69. The molecule has 2 unspecified atom stereocenters. The highest BCUT2D eigenvalue weighted by Crippen LogP contribution is 2.21. The minimum atomic E-state index is -0.286. The summed E-state index contributed by atoms with van der Waals surface area (Å²) >= 11 is 0. The highest BCUT2D eigenvalue weighted by atomic mass is 19.1. The molecule has 1 N–H and O–H groups in total. The minimum absolute atomic E-state index is 0.0680. The molecular formula is C24H25FN2O2. The number of halogens is 1. The lowest BCUT2D eigenvalue weighted by molar-refractivity contribution is -0.125. The van der Waals surface area contributed by atoms with Crippen LogP contribution >= 0.6 is 0 Å². The van der Waals surface area contributed by atoms with E-state index in [1.807, 2.05) is 62.4 Å². The number of carbonyl (C=O) groups excluding carboxylic acids is 1. The number of aromatic nitrogens is 1. The van der Waals surface area contributed by atoms with E-state index in [0.717, 1.165) is 22.6 Å². The zero-order valence-corrected chi connectivity index (χ0v) is 16.6. The molecule has 0 saturated carbocycles. The standard InChI is InChI=1S/C24H25FN2O2/c1-17(13-19-7-5-9-21(25)14-19)24(28)27-18(2)20-8-6-11-23(15-20)29-16-22-10-3-4-12-26-22/h3-12,14-15,17-18H,13,16H2,1-2H3,(H,27,28). The fourth-order valence-electron chi connectivity index (χ4n) is 3.06. The van der Waals surface area contributed by atoms with Gasteiger partial charge >= 0.3 is 0 Å². The molecule has 0 spiro atoms. The Morgan fingerprint density at radius 2 is 1.90 bits per heavy atom. The van der Waals surface area contributed by atoms with Crippen molar-refractivity contribution in [3.63, 3.8) is 0 Å². The molecule has 1 heterocycles. The summed E-state index contributed by atoms with van der Waals surface area (Å²) in [6, 6.07) is 19.6. The lowest BCUT2D eigenvalue weighted by Crippen LogP contribution is -2.32. The normalized spacial score (nSPS) is 12.8. The Hall–Kier alpha value is -3.21. The summed E-state index contributed by atoms with van der Waals surface area (Å²) in [5.74, 6) is 0.109. The van der Waals surface area contributed by atoms with Crippen LogP contribution in [0.15, 0.2) is 72.9 Å². The Bertz CT molecular complexity index is 946. The van der Waals surface area contributed by atoms with Gasteiger partial charge in [-0.25, -0.2) is 4.39 Å². The first-order chi connectivity index (χ1) is 14.0. The van der Waals surface area contributed by atoms with Gasteiger partial charge < -0.3 is 10.1 Å². The fraction of sp³-hybridized carbons (Fsp3) is 0.250. The van der Waals surface area contributed by atoms with Crippen molar-refractivity contribution in [2.45, 2.75) is 32.9 Å². The number of pyridine rings is 1. The lowest BCUT2D eigenvalue weighted by atomic mass is 9.99.